The first-order valence-corrected chi connectivity index (χ1v) is 8.98. The van der Waals surface area contributed by atoms with Crippen LogP contribution >= 0.6 is 0 Å². The van der Waals surface area contributed by atoms with Gasteiger partial charge in [-0.3, -0.25) is 14.7 Å². The van der Waals surface area contributed by atoms with Crippen LogP contribution in [-0.2, 0) is 13.6 Å². The molecule has 1 N–H and O–H groups in total. The molecule has 0 radical (unpaired) electrons. The summed E-state index contributed by atoms with van der Waals surface area (Å²) in [4.78, 5) is 7.12. The fourth-order valence-electron chi connectivity index (χ4n) is 3.65. The molecule has 1 aliphatic heterocycles. The third kappa shape index (κ3) is 3.53. The highest BCUT2D eigenvalue weighted by Gasteiger charge is 2.25. The lowest BCUT2D eigenvalue weighted by molar-refractivity contribution is 0.196. The van der Waals surface area contributed by atoms with Gasteiger partial charge >= 0.3 is 0 Å². The summed E-state index contributed by atoms with van der Waals surface area (Å²) in [5, 5.41) is 11.8. The normalized spacial score (nSPS) is 18.3. The fourth-order valence-corrected chi connectivity index (χ4v) is 3.65. The van der Waals surface area contributed by atoms with Gasteiger partial charge in [-0.25, -0.2) is 9.37 Å². The largest absolute Gasteiger partial charge is 0.298 e. The number of likely N-dealkylation sites (tertiary alicyclic amines) is 1. The monoisotopic (exact) mass is 354 g/mol. The van der Waals surface area contributed by atoms with Crippen LogP contribution in [-0.4, -0.2) is 43.0 Å². The van der Waals surface area contributed by atoms with Gasteiger partial charge in [0.15, 0.2) is 5.82 Å². The summed E-state index contributed by atoms with van der Waals surface area (Å²) < 4.78 is 15.0. The number of hydrogen-bond acceptors (Lipinski definition) is 4. The molecule has 1 saturated heterocycles. The number of aromatic amines is 1. The molecule has 6 nitrogen and oxygen atoms in total. The predicted molar refractivity (Wildman–Crippen MR) is 97.0 cm³/mol. The molecule has 3 heterocycles. The van der Waals surface area contributed by atoms with E-state index in [-0.39, 0.29) is 5.82 Å². The molecule has 2 aromatic heterocycles. The van der Waals surface area contributed by atoms with Gasteiger partial charge in [-0.2, -0.15) is 10.2 Å². The zero-order valence-corrected chi connectivity index (χ0v) is 15.1. The lowest BCUT2D eigenvalue weighted by Gasteiger charge is -2.31. The molecule has 1 aromatic carbocycles. The Morgan fingerprint density at radius 3 is 2.81 bits per heavy atom. The van der Waals surface area contributed by atoms with E-state index >= 15 is 0 Å². The second kappa shape index (κ2) is 6.99. The van der Waals surface area contributed by atoms with Gasteiger partial charge in [0.2, 0.25) is 0 Å². The van der Waals surface area contributed by atoms with Crippen LogP contribution in [0.2, 0.25) is 0 Å². The van der Waals surface area contributed by atoms with Crippen molar-refractivity contribution in [2.75, 3.05) is 13.1 Å². The van der Waals surface area contributed by atoms with Crippen molar-refractivity contribution in [1.29, 1.82) is 0 Å². The number of aryl methyl sites for hydroxylation is 2. The molecule has 0 amide bonds. The second-order valence-electron chi connectivity index (χ2n) is 7.04. The summed E-state index contributed by atoms with van der Waals surface area (Å²) in [5.41, 5.74) is 3.19. The molecule has 0 aliphatic carbocycles. The van der Waals surface area contributed by atoms with E-state index in [0.717, 1.165) is 49.6 Å². The van der Waals surface area contributed by atoms with Gasteiger partial charge in [0, 0.05) is 43.4 Å². The molecule has 4 rings (SSSR count). The molecule has 1 unspecified atom stereocenters. The van der Waals surface area contributed by atoms with Crippen LogP contribution in [0.1, 0.15) is 35.8 Å². The van der Waals surface area contributed by atoms with Crippen LogP contribution in [0.4, 0.5) is 4.39 Å². The molecular weight excluding hydrogens is 331 g/mol. The summed E-state index contributed by atoms with van der Waals surface area (Å²) in [5.74, 6) is 1.62. The Hall–Kier alpha value is -2.54. The minimum atomic E-state index is -0.252. The number of nitrogens with one attached hydrogen (secondary N) is 1. The number of piperidine rings is 1. The molecule has 3 aromatic rings. The van der Waals surface area contributed by atoms with Crippen molar-refractivity contribution in [2.24, 2.45) is 7.05 Å². The summed E-state index contributed by atoms with van der Waals surface area (Å²) in [6.45, 7) is 5.01. The Balaban J connectivity index is 1.46. The van der Waals surface area contributed by atoms with Gasteiger partial charge in [0.1, 0.15) is 11.6 Å². The number of hydrogen-bond donors (Lipinski definition) is 1. The number of rotatable bonds is 4. The Bertz CT molecular complexity index is 882. The minimum absolute atomic E-state index is 0.252. The molecule has 0 bridgehead atoms. The van der Waals surface area contributed by atoms with Crippen molar-refractivity contribution in [3.8, 4) is 11.4 Å². The van der Waals surface area contributed by atoms with Gasteiger partial charge in [-0.15, -0.1) is 0 Å². The second-order valence-corrected chi connectivity index (χ2v) is 7.04. The maximum atomic E-state index is 13.1. The van der Waals surface area contributed by atoms with Crippen molar-refractivity contribution in [3.05, 3.63) is 53.4 Å². The van der Waals surface area contributed by atoms with Crippen molar-refractivity contribution in [1.82, 2.24) is 29.9 Å². The molecule has 7 heteroatoms. The first kappa shape index (κ1) is 16.9. The average Bonchev–Trinajstić information content (AvgIpc) is 3.23. The molecule has 136 valence electrons. The molecule has 1 fully saturated rings. The van der Waals surface area contributed by atoms with Gasteiger partial charge in [0.05, 0.1) is 5.69 Å². The zero-order valence-electron chi connectivity index (χ0n) is 15.1. The van der Waals surface area contributed by atoms with E-state index < -0.39 is 0 Å². The summed E-state index contributed by atoms with van der Waals surface area (Å²) in [6.07, 6.45) is 4.33. The van der Waals surface area contributed by atoms with Crippen molar-refractivity contribution < 1.29 is 4.39 Å². The Morgan fingerprint density at radius 2 is 2.08 bits per heavy atom. The topological polar surface area (TPSA) is 62.6 Å². The highest BCUT2D eigenvalue weighted by atomic mass is 19.1. The number of nitrogens with zero attached hydrogens (tertiary/aromatic N) is 5. The third-order valence-corrected chi connectivity index (χ3v) is 5.01. The number of aromatic nitrogens is 5. The van der Waals surface area contributed by atoms with Crippen LogP contribution in [0.15, 0.2) is 30.5 Å². The van der Waals surface area contributed by atoms with E-state index in [1.165, 1.54) is 17.7 Å². The summed E-state index contributed by atoms with van der Waals surface area (Å²) in [6, 6.07) is 6.29. The molecule has 1 aliphatic rings. The van der Waals surface area contributed by atoms with Crippen LogP contribution in [0.25, 0.3) is 11.4 Å². The Kier molecular flexibility index (Phi) is 4.55. The average molecular weight is 354 g/mol. The summed E-state index contributed by atoms with van der Waals surface area (Å²) >= 11 is 0. The molecule has 0 spiro atoms. The molecule has 26 heavy (non-hydrogen) atoms. The quantitative estimate of drug-likeness (QED) is 0.782. The van der Waals surface area contributed by atoms with Crippen molar-refractivity contribution in [3.63, 3.8) is 0 Å². The van der Waals surface area contributed by atoms with Gasteiger partial charge in [-0.05, 0) is 50.6 Å². The van der Waals surface area contributed by atoms with E-state index in [0.29, 0.717) is 11.7 Å². The summed E-state index contributed by atoms with van der Waals surface area (Å²) in [7, 11) is 1.96. The molecule has 0 saturated carbocycles. The highest BCUT2D eigenvalue weighted by Crippen LogP contribution is 2.27. The first-order chi connectivity index (χ1) is 12.6. The third-order valence-electron chi connectivity index (χ3n) is 5.01. The van der Waals surface area contributed by atoms with E-state index in [4.69, 9.17) is 0 Å². The predicted octanol–water partition coefficient (Wildman–Crippen LogP) is 3.03. The molecule has 1 atom stereocenters. The van der Waals surface area contributed by atoms with E-state index in [9.17, 15) is 4.39 Å². The minimum Gasteiger partial charge on any atom is -0.298 e. The van der Waals surface area contributed by atoms with Crippen LogP contribution < -0.4 is 0 Å². The SMILES string of the molecule is Cc1nn(C)cc1CN1CCCC(c2nc(-c3ccc(F)cc3)n[nH]2)C1. The van der Waals surface area contributed by atoms with E-state index in [1.807, 2.05) is 11.7 Å². The number of H-pyrrole nitrogens is 1. The smallest absolute Gasteiger partial charge is 0.181 e. The Labute approximate surface area is 152 Å². The highest BCUT2D eigenvalue weighted by molar-refractivity contribution is 5.54. The van der Waals surface area contributed by atoms with E-state index in [1.54, 1.807) is 12.1 Å². The lowest BCUT2D eigenvalue weighted by Crippen LogP contribution is -2.34. The van der Waals surface area contributed by atoms with Crippen molar-refractivity contribution >= 4 is 0 Å². The van der Waals surface area contributed by atoms with E-state index in [2.05, 4.69) is 38.3 Å². The fraction of sp³-hybridized carbons (Fsp3) is 0.421. The van der Waals surface area contributed by atoms with Crippen LogP contribution in [0.3, 0.4) is 0 Å². The number of halogens is 1. The number of benzene rings is 1. The Morgan fingerprint density at radius 1 is 1.27 bits per heavy atom. The maximum absolute atomic E-state index is 13.1. The standard InChI is InChI=1S/C19H23FN6/c1-13-16(10-25(2)24-13)12-26-9-3-4-15(11-26)19-21-18(22-23-19)14-5-7-17(20)8-6-14/h5-8,10,15H,3-4,9,11-12H2,1-2H3,(H,21,22,23). The van der Waals surface area contributed by atoms with Gasteiger partial charge < -0.3 is 0 Å². The van der Waals surface area contributed by atoms with Gasteiger partial charge in [0.25, 0.3) is 0 Å². The van der Waals surface area contributed by atoms with Crippen molar-refractivity contribution in [2.45, 2.75) is 32.2 Å². The first-order valence-electron chi connectivity index (χ1n) is 8.98. The maximum Gasteiger partial charge on any atom is 0.181 e. The lowest BCUT2D eigenvalue weighted by atomic mass is 9.97. The molecular formula is C19H23FN6. The zero-order chi connectivity index (χ0) is 18.1. The van der Waals surface area contributed by atoms with Gasteiger partial charge in [-0.1, -0.05) is 0 Å². The van der Waals surface area contributed by atoms with Crippen LogP contribution in [0, 0.1) is 12.7 Å². The van der Waals surface area contributed by atoms with Crippen LogP contribution in [0.5, 0.6) is 0 Å².